The van der Waals surface area contributed by atoms with Crippen LogP contribution in [0.3, 0.4) is 0 Å². The smallest absolute Gasteiger partial charge is 0.180 e. The number of fused-ring (bicyclic) bond motifs is 1. The Hall–Kier alpha value is -2.47. The highest BCUT2D eigenvalue weighted by atomic mass is 35.5. The average molecular weight is 495 g/mol. The third kappa shape index (κ3) is 5.29. The van der Waals surface area contributed by atoms with E-state index in [2.05, 4.69) is 5.32 Å². The zero-order chi connectivity index (χ0) is 22.5. The van der Waals surface area contributed by atoms with Gasteiger partial charge in [-0.3, -0.25) is 0 Å². The minimum atomic E-state index is 0.174. The fourth-order valence-corrected chi connectivity index (χ4v) is 4.09. The van der Waals surface area contributed by atoms with E-state index < -0.39 is 0 Å². The fraction of sp³-hybridized carbons (Fsp3) is 0.250. The van der Waals surface area contributed by atoms with E-state index in [1.165, 1.54) is 0 Å². The van der Waals surface area contributed by atoms with Crippen LogP contribution in [0.5, 0.6) is 23.0 Å². The van der Waals surface area contributed by atoms with Gasteiger partial charge in [0.15, 0.2) is 23.0 Å². The fourth-order valence-electron chi connectivity index (χ4n) is 3.30. The summed E-state index contributed by atoms with van der Waals surface area (Å²) < 4.78 is 23.0. The number of halogens is 3. The van der Waals surface area contributed by atoms with Gasteiger partial charge in [0.25, 0.3) is 0 Å². The van der Waals surface area contributed by atoms with Crippen molar-refractivity contribution in [3.63, 3.8) is 0 Å². The summed E-state index contributed by atoms with van der Waals surface area (Å²) in [7, 11) is 0. The Morgan fingerprint density at radius 1 is 0.875 bits per heavy atom. The Kier molecular flexibility index (Phi) is 7.40. The molecule has 0 aliphatic carbocycles. The molecule has 0 unspecified atom stereocenters. The second kappa shape index (κ2) is 10.4. The van der Waals surface area contributed by atoms with Gasteiger partial charge in [-0.2, -0.15) is 0 Å². The Balaban J connectivity index is 1.49. The molecule has 4 rings (SSSR count). The maximum absolute atomic E-state index is 6.56. The molecule has 32 heavy (non-hydrogen) atoms. The van der Waals surface area contributed by atoms with E-state index >= 15 is 0 Å². The maximum atomic E-state index is 6.56. The number of rotatable bonds is 8. The molecule has 1 N–H and O–H groups in total. The normalized spacial score (nSPS) is 12.4. The van der Waals surface area contributed by atoms with E-state index in [4.69, 9.17) is 53.8 Å². The van der Waals surface area contributed by atoms with Gasteiger partial charge in [-0.1, -0.05) is 40.9 Å². The molecule has 0 spiro atoms. The van der Waals surface area contributed by atoms with Crippen molar-refractivity contribution in [2.24, 2.45) is 0 Å². The monoisotopic (exact) mass is 493 g/mol. The van der Waals surface area contributed by atoms with Crippen molar-refractivity contribution in [3.8, 4) is 23.0 Å². The first-order valence-corrected chi connectivity index (χ1v) is 11.3. The largest absolute Gasteiger partial charge is 0.490 e. The summed E-state index contributed by atoms with van der Waals surface area (Å²) in [5, 5.41) is 4.89. The van der Waals surface area contributed by atoms with Crippen LogP contribution in [0, 0.1) is 0 Å². The molecule has 0 aromatic heterocycles. The van der Waals surface area contributed by atoms with Crippen LogP contribution in [-0.4, -0.2) is 19.8 Å². The zero-order valence-electron chi connectivity index (χ0n) is 17.4. The molecule has 0 bridgehead atoms. The van der Waals surface area contributed by atoms with Crippen LogP contribution in [0.25, 0.3) is 0 Å². The third-order valence-electron chi connectivity index (χ3n) is 4.83. The first kappa shape index (κ1) is 22.7. The van der Waals surface area contributed by atoms with Crippen molar-refractivity contribution in [2.45, 2.75) is 20.1 Å². The van der Waals surface area contributed by atoms with Gasteiger partial charge in [0, 0.05) is 33.9 Å². The van der Waals surface area contributed by atoms with Gasteiger partial charge in [-0.15, -0.1) is 0 Å². The number of benzene rings is 3. The molecule has 0 radical (unpaired) electrons. The predicted molar refractivity (Wildman–Crippen MR) is 128 cm³/mol. The van der Waals surface area contributed by atoms with Gasteiger partial charge in [0.2, 0.25) is 0 Å². The maximum Gasteiger partial charge on any atom is 0.180 e. The Morgan fingerprint density at radius 3 is 2.38 bits per heavy atom. The number of hydrogen-bond acceptors (Lipinski definition) is 5. The summed E-state index contributed by atoms with van der Waals surface area (Å²) in [5.74, 6) is 2.50. The van der Waals surface area contributed by atoms with E-state index in [0.717, 1.165) is 22.7 Å². The minimum Gasteiger partial charge on any atom is -0.490 e. The zero-order valence-corrected chi connectivity index (χ0v) is 19.7. The number of anilines is 1. The van der Waals surface area contributed by atoms with Crippen molar-refractivity contribution < 1.29 is 18.9 Å². The van der Waals surface area contributed by atoms with Crippen molar-refractivity contribution in [1.82, 2.24) is 0 Å². The lowest BCUT2D eigenvalue weighted by Crippen LogP contribution is -2.15. The van der Waals surface area contributed by atoms with Gasteiger partial charge >= 0.3 is 0 Å². The van der Waals surface area contributed by atoms with Crippen LogP contribution >= 0.6 is 34.8 Å². The van der Waals surface area contributed by atoms with E-state index in [1.807, 2.05) is 37.3 Å². The second-order valence-electron chi connectivity index (χ2n) is 7.04. The van der Waals surface area contributed by atoms with Crippen molar-refractivity contribution in [2.75, 3.05) is 25.1 Å². The minimum absolute atomic E-state index is 0.174. The molecule has 1 heterocycles. The van der Waals surface area contributed by atoms with Crippen LogP contribution in [0.1, 0.15) is 18.1 Å². The summed E-state index contributed by atoms with van der Waals surface area (Å²) in [4.78, 5) is 0. The molecule has 0 saturated heterocycles. The molecule has 1 aliphatic heterocycles. The molecule has 0 atom stereocenters. The molecule has 5 nitrogen and oxygen atoms in total. The molecule has 0 saturated carbocycles. The van der Waals surface area contributed by atoms with Crippen LogP contribution in [0.4, 0.5) is 5.69 Å². The number of ether oxygens (including phenoxy) is 4. The standard InChI is InChI=1S/C24H22Cl3NO4/c1-2-29-23-11-15(13-28-16-6-7-21-22(12-16)31-9-8-30-21)10-20(27)24(23)32-14-17-18(25)4-3-5-19(17)26/h3-7,10-12,28H,2,8-9,13-14H2,1H3. The predicted octanol–water partition coefficient (Wildman–Crippen LogP) is 7.01. The summed E-state index contributed by atoms with van der Waals surface area (Å²) in [6.07, 6.45) is 0. The van der Waals surface area contributed by atoms with Crippen LogP contribution in [0.15, 0.2) is 48.5 Å². The lowest BCUT2D eigenvalue weighted by molar-refractivity contribution is 0.171. The van der Waals surface area contributed by atoms with E-state index in [-0.39, 0.29) is 6.61 Å². The highest BCUT2D eigenvalue weighted by molar-refractivity contribution is 6.36. The average Bonchev–Trinajstić information content (AvgIpc) is 2.79. The van der Waals surface area contributed by atoms with Crippen LogP contribution < -0.4 is 24.3 Å². The summed E-state index contributed by atoms with van der Waals surface area (Å²) in [5.41, 5.74) is 2.55. The van der Waals surface area contributed by atoms with Crippen molar-refractivity contribution in [1.29, 1.82) is 0 Å². The molecular formula is C24H22Cl3NO4. The third-order valence-corrected chi connectivity index (χ3v) is 5.82. The Bertz CT molecular complexity index is 1090. The van der Waals surface area contributed by atoms with E-state index in [0.29, 0.717) is 58.5 Å². The summed E-state index contributed by atoms with van der Waals surface area (Å²) >= 11 is 19.1. The van der Waals surface area contributed by atoms with Gasteiger partial charge in [-0.25, -0.2) is 0 Å². The first-order valence-electron chi connectivity index (χ1n) is 10.2. The SMILES string of the molecule is CCOc1cc(CNc2ccc3c(c2)OCCO3)cc(Cl)c1OCc1c(Cl)cccc1Cl. The van der Waals surface area contributed by atoms with Crippen molar-refractivity contribution in [3.05, 3.63) is 74.7 Å². The van der Waals surface area contributed by atoms with E-state index in [1.54, 1.807) is 18.2 Å². The second-order valence-corrected chi connectivity index (χ2v) is 8.26. The van der Waals surface area contributed by atoms with Crippen LogP contribution in [0.2, 0.25) is 15.1 Å². The number of hydrogen-bond donors (Lipinski definition) is 1. The van der Waals surface area contributed by atoms with Gasteiger partial charge in [-0.05, 0) is 48.9 Å². The molecule has 3 aromatic rings. The molecule has 0 fully saturated rings. The highest BCUT2D eigenvalue weighted by Gasteiger charge is 2.16. The molecule has 168 valence electrons. The highest BCUT2D eigenvalue weighted by Crippen LogP contribution is 2.39. The molecular weight excluding hydrogens is 473 g/mol. The summed E-state index contributed by atoms with van der Waals surface area (Å²) in [6, 6.07) is 14.8. The molecule has 3 aromatic carbocycles. The number of nitrogens with one attached hydrogen (secondary N) is 1. The lowest BCUT2D eigenvalue weighted by Gasteiger charge is -2.19. The summed E-state index contributed by atoms with van der Waals surface area (Å²) in [6.45, 7) is 4.20. The molecule has 0 amide bonds. The van der Waals surface area contributed by atoms with Crippen LogP contribution in [-0.2, 0) is 13.2 Å². The molecule has 1 aliphatic rings. The quantitative estimate of drug-likeness (QED) is 0.365. The molecule has 8 heteroatoms. The van der Waals surface area contributed by atoms with Gasteiger partial charge in [0.1, 0.15) is 19.8 Å². The van der Waals surface area contributed by atoms with E-state index in [9.17, 15) is 0 Å². The van der Waals surface area contributed by atoms with Gasteiger partial charge in [0.05, 0.1) is 11.6 Å². The topological polar surface area (TPSA) is 49.0 Å². The van der Waals surface area contributed by atoms with Crippen molar-refractivity contribution >= 4 is 40.5 Å². The lowest BCUT2D eigenvalue weighted by atomic mass is 10.2. The Labute approximate surface area is 202 Å². The van der Waals surface area contributed by atoms with Gasteiger partial charge < -0.3 is 24.3 Å². The Morgan fingerprint density at radius 2 is 1.62 bits per heavy atom. The first-order chi connectivity index (χ1) is 15.5.